The van der Waals surface area contributed by atoms with E-state index in [2.05, 4.69) is 10.3 Å². The molecule has 45 heavy (non-hydrogen) atoms. The second-order valence-electron chi connectivity index (χ2n) is 11.7. The van der Waals surface area contributed by atoms with Crippen molar-refractivity contribution < 1.29 is 44.3 Å². The van der Waals surface area contributed by atoms with Crippen molar-refractivity contribution in [3.63, 3.8) is 0 Å². The lowest BCUT2D eigenvalue weighted by Crippen LogP contribution is -2.63. The molecule has 5 rings (SSSR count). The van der Waals surface area contributed by atoms with Gasteiger partial charge in [0.05, 0.1) is 18.2 Å². The van der Waals surface area contributed by atoms with E-state index >= 15 is 0 Å². The van der Waals surface area contributed by atoms with E-state index in [9.17, 15) is 39.6 Å². The Hall–Kier alpha value is -4.47. The summed E-state index contributed by atoms with van der Waals surface area (Å²) < 4.78 is 4.97. The molecule has 0 saturated carbocycles. The smallest absolute Gasteiger partial charge is 0.357 e. The van der Waals surface area contributed by atoms with E-state index in [-0.39, 0.29) is 48.6 Å². The largest absolute Gasteiger partial charge is 0.510 e. The van der Waals surface area contributed by atoms with Crippen molar-refractivity contribution in [3.8, 4) is 5.75 Å². The van der Waals surface area contributed by atoms with Gasteiger partial charge in [0.1, 0.15) is 22.8 Å². The summed E-state index contributed by atoms with van der Waals surface area (Å²) in [6.45, 7) is 1.90. The number of phenols is 1. The number of thiazole rings is 1. The maximum Gasteiger partial charge on any atom is 0.357 e. The highest BCUT2D eigenvalue weighted by Crippen LogP contribution is 2.53. The fraction of sp³-hybridized carbons (Fsp3) is 0.433. The van der Waals surface area contributed by atoms with Crippen molar-refractivity contribution in [2.45, 2.75) is 38.0 Å². The van der Waals surface area contributed by atoms with E-state index in [1.54, 1.807) is 46.1 Å². The van der Waals surface area contributed by atoms with Crippen LogP contribution in [0.4, 0.5) is 10.8 Å². The molecule has 1 heterocycles. The fourth-order valence-corrected chi connectivity index (χ4v) is 7.39. The number of aromatic nitrogens is 1. The Morgan fingerprint density at radius 2 is 1.89 bits per heavy atom. The molecule has 1 amide bonds. The minimum atomic E-state index is -2.72. The molecule has 4 unspecified atom stereocenters. The predicted octanol–water partition coefficient (Wildman–Crippen LogP) is 1.43. The van der Waals surface area contributed by atoms with E-state index in [4.69, 9.17) is 10.5 Å². The number of hydrogen-bond acceptors (Lipinski definition) is 14. The van der Waals surface area contributed by atoms with E-state index in [1.165, 1.54) is 10.3 Å². The average Bonchev–Trinajstić information content (AvgIpc) is 3.43. The molecule has 14 nitrogen and oxygen atoms in total. The lowest BCUT2D eigenvalue weighted by Gasteiger charge is -2.50. The number of fused-ring (bicyclic) bond motifs is 3. The zero-order valence-corrected chi connectivity index (χ0v) is 26.2. The van der Waals surface area contributed by atoms with Crippen LogP contribution in [0.15, 0.2) is 34.1 Å². The van der Waals surface area contributed by atoms with E-state index in [1.807, 2.05) is 0 Å². The number of Topliss-reactive ketones (excluding diaryl/α,β-unsaturated/α-hetero) is 2. The number of allylic oxidation sites excluding steroid dienone is 1. The van der Waals surface area contributed by atoms with Crippen LogP contribution in [0.2, 0.25) is 0 Å². The number of anilines is 2. The van der Waals surface area contributed by atoms with Crippen LogP contribution >= 0.6 is 11.3 Å². The lowest BCUT2D eigenvalue weighted by atomic mass is 9.58. The molecule has 0 bridgehead atoms. The van der Waals surface area contributed by atoms with Crippen LogP contribution in [0.25, 0.3) is 0 Å². The number of likely N-dealkylation sites (N-methyl/N-ethyl adjacent to an activating group) is 1. The fourth-order valence-electron chi connectivity index (χ4n) is 6.71. The number of hydrogen-bond donors (Lipinski definition) is 6. The van der Waals surface area contributed by atoms with E-state index < -0.39 is 64.0 Å². The van der Waals surface area contributed by atoms with Gasteiger partial charge in [0, 0.05) is 48.8 Å². The number of phenolic OH excluding ortho intramolecular Hbond substituents is 1. The van der Waals surface area contributed by atoms with Gasteiger partial charge in [-0.05, 0) is 51.4 Å². The summed E-state index contributed by atoms with van der Waals surface area (Å²) in [7, 11) is 6.71. The van der Waals surface area contributed by atoms with Gasteiger partial charge >= 0.3 is 5.97 Å². The zero-order chi connectivity index (χ0) is 33.1. The Bertz CT molecular complexity index is 1690. The van der Waals surface area contributed by atoms with Gasteiger partial charge in [-0.25, -0.2) is 9.78 Å². The summed E-state index contributed by atoms with van der Waals surface area (Å²) >= 11 is 1.16. The molecule has 0 aliphatic heterocycles. The Morgan fingerprint density at radius 3 is 2.49 bits per heavy atom. The maximum absolute atomic E-state index is 14.2. The van der Waals surface area contributed by atoms with Gasteiger partial charge in [0.25, 0.3) is 5.91 Å². The van der Waals surface area contributed by atoms with E-state index in [0.717, 1.165) is 11.3 Å². The monoisotopic (exact) mass is 641 g/mol. The number of carbonyl (C=O) groups is 4. The number of rotatable bonds is 8. The zero-order valence-electron chi connectivity index (χ0n) is 25.4. The third-order valence-corrected chi connectivity index (χ3v) is 9.48. The van der Waals surface area contributed by atoms with Crippen molar-refractivity contribution in [3.05, 3.63) is 56.5 Å². The van der Waals surface area contributed by atoms with Crippen LogP contribution in [-0.4, -0.2) is 100 Å². The van der Waals surface area contributed by atoms with Gasteiger partial charge < -0.3 is 41.1 Å². The third kappa shape index (κ3) is 4.91. The average molecular weight is 642 g/mol. The van der Waals surface area contributed by atoms with E-state index in [0.29, 0.717) is 21.9 Å². The molecule has 3 aliphatic rings. The highest BCUT2D eigenvalue weighted by atomic mass is 32.1. The molecule has 0 spiro atoms. The van der Waals surface area contributed by atoms with Gasteiger partial charge in [-0.3, -0.25) is 19.3 Å². The molecule has 4 atom stereocenters. The van der Waals surface area contributed by atoms with Crippen LogP contribution < -0.4 is 16.0 Å². The molecular weight excluding hydrogens is 606 g/mol. The number of aromatic hydroxyl groups is 1. The Morgan fingerprint density at radius 1 is 1.20 bits per heavy atom. The number of aliphatic hydroxyl groups is 3. The summed E-state index contributed by atoms with van der Waals surface area (Å²) in [4.78, 5) is 59.4. The molecular formula is C30H35N5O9S. The number of aliphatic hydroxyl groups excluding tert-OH is 2. The second-order valence-corrected chi connectivity index (χ2v) is 12.6. The summed E-state index contributed by atoms with van der Waals surface area (Å²) in [5.41, 5.74) is 3.07. The SMILES string of the molecule is CCOC(=O)c1csc(NCc2cc(N(C)C)c3c(c2O)C(=O)C2=C(O)C4(O)C(=O)C(C(N)=O)=C(O)C(N(C)C)C4CC2C3)n1. The van der Waals surface area contributed by atoms with Crippen LogP contribution in [0.5, 0.6) is 5.75 Å². The minimum Gasteiger partial charge on any atom is -0.510 e. The molecule has 240 valence electrons. The third-order valence-electron chi connectivity index (χ3n) is 8.68. The summed E-state index contributed by atoms with van der Waals surface area (Å²) in [5, 5.41) is 50.7. The number of carbonyl (C=O) groups excluding carboxylic acids is 4. The topological polar surface area (TPSA) is 216 Å². The molecule has 0 saturated heterocycles. The molecule has 7 N–H and O–H groups in total. The number of ether oxygens (including phenoxy) is 1. The van der Waals surface area contributed by atoms with Gasteiger partial charge in [-0.15, -0.1) is 11.3 Å². The van der Waals surface area contributed by atoms with Crippen molar-refractivity contribution in [2.75, 3.05) is 45.0 Å². The molecule has 1 aromatic carbocycles. The Balaban J connectivity index is 1.59. The van der Waals surface area contributed by atoms with Crippen LogP contribution in [-0.2, 0) is 27.3 Å². The quantitative estimate of drug-likeness (QED) is 0.178. The first-order valence-corrected chi connectivity index (χ1v) is 15.1. The molecule has 3 aliphatic carbocycles. The summed E-state index contributed by atoms with van der Waals surface area (Å²) in [6, 6.07) is 0.656. The Labute approximate surface area is 262 Å². The number of esters is 1. The first-order valence-electron chi connectivity index (χ1n) is 14.2. The van der Waals surface area contributed by atoms with Crippen molar-refractivity contribution >= 4 is 45.6 Å². The van der Waals surface area contributed by atoms with Crippen molar-refractivity contribution in [1.29, 1.82) is 0 Å². The van der Waals surface area contributed by atoms with Crippen molar-refractivity contribution in [2.24, 2.45) is 17.6 Å². The molecule has 2 aromatic rings. The standard InChI is InChI=1S/C30H35N5O9S/c1-6-44-28(42)16-11-45-29(33-16)32-10-13-9-17(34(2)3)14-7-12-8-15-21(35(4)5)24(38)20(27(31)41)26(40)30(15,43)25(39)18(12)23(37)19(14)22(13)36/h9,11-12,15,21,36,38-39,43H,6-8,10H2,1-5H3,(H2,31,41)(H,32,33). The molecule has 0 fully saturated rings. The number of primary amides is 1. The van der Waals surface area contributed by atoms with Gasteiger partial charge in [0.15, 0.2) is 22.2 Å². The minimum absolute atomic E-state index is 0.00442. The van der Waals surface area contributed by atoms with Gasteiger partial charge in [-0.2, -0.15) is 0 Å². The maximum atomic E-state index is 14.2. The Kier molecular flexibility index (Phi) is 8.14. The highest BCUT2D eigenvalue weighted by molar-refractivity contribution is 7.13. The number of nitrogens with zero attached hydrogens (tertiary/aromatic N) is 3. The first kappa shape index (κ1) is 31.9. The number of nitrogens with two attached hydrogens (primary N) is 1. The van der Waals surface area contributed by atoms with Crippen LogP contribution in [0.3, 0.4) is 0 Å². The number of amides is 1. The summed E-state index contributed by atoms with van der Waals surface area (Å²) in [5.74, 6) is -7.62. The molecule has 15 heteroatoms. The normalized spacial score (nSPS) is 24.3. The van der Waals surface area contributed by atoms with Crippen LogP contribution in [0.1, 0.15) is 45.3 Å². The number of benzene rings is 1. The summed E-state index contributed by atoms with van der Waals surface area (Å²) in [6.07, 6.45) is 0.161. The van der Waals surface area contributed by atoms with Crippen molar-refractivity contribution in [1.82, 2.24) is 9.88 Å². The number of ketones is 2. The molecule has 0 radical (unpaired) electrons. The second kappa shape index (κ2) is 11.5. The number of nitrogens with one attached hydrogen (secondary N) is 1. The van der Waals surface area contributed by atoms with Gasteiger partial charge in [-0.1, -0.05) is 0 Å². The van der Waals surface area contributed by atoms with Gasteiger partial charge in [0.2, 0.25) is 5.78 Å². The van der Waals surface area contributed by atoms with Crippen LogP contribution in [0, 0.1) is 11.8 Å². The lowest BCUT2D eigenvalue weighted by molar-refractivity contribution is -0.148. The predicted molar refractivity (Wildman–Crippen MR) is 163 cm³/mol. The highest BCUT2D eigenvalue weighted by Gasteiger charge is 2.63. The molecule has 1 aromatic heterocycles. The first-order chi connectivity index (χ1) is 21.1.